The van der Waals surface area contributed by atoms with Gasteiger partial charge in [0.05, 0.1) is 0 Å². The van der Waals surface area contributed by atoms with E-state index in [1.165, 1.54) is 10.6 Å². The van der Waals surface area contributed by atoms with Crippen molar-refractivity contribution in [2.24, 2.45) is 5.92 Å². The van der Waals surface area contributed by atoms with Crippen molar-refractivity contribution < 1.29 is 19.1 Å². The molecule has 0 aliphatic carbocycles. The average Bonchev–Trinajstić information content (AvgIpc) is 3.03. The van der Waals surface area contributed by atoms with Gasteiger partial charge in [-0.05, 0) is 72.4 Å². The predicted octanol–water partition coefficient (Wildman–Crippen LogP) is 4.58. The van der Waals surface area contributed by atoms with Crippen molar-refractivity contribution >= 4 is 12.2 Å². The fourth-order valence-electron chi connectivity index (χ4n) is 3.37. The summed E-state index contributed by atoms with van der Waals surface area (Å²) in [5.74, 6) is 0.457. The summed E-state index contributed by atoms with van der Waals surface area (Å²) in [7, 11) is 0. The Balaban J connectivity index is 1.90. The lowest BCUT2D eigenvalue weighted by atomic mass is 10.1. The van der Waals surface area contributed by atoms with Gasteiger partial charge in [-0.2, -0.15) is 0 Å². The van der Waals surface area contributed by atoms with Crippen molar-refractivity contribution in [1.29, 1.82) is 0 Å². The number of hydrogen-bond donors (Lipinski definition) is 1. The molecule has 1 fully saturated rings. The molecule has 168 valence electrons. The van der Waals surface area contributed by atoms with Crippen LogP contribution in [0.15, 0.2) is 30.3 Å². The highest BCUT2D eigenvalue weighted by molar-refractivity contribution is 5.74. The molecular formula is C23H37N3O4. The van der Waals surface area contributed by atoms with Crippen LogP contribution in [0.4, 0.5) is 9.59 Å². The number of hydrazine groups is 1. The zero-order valence-corrected chi connectivity index (χ0v) is 19.2. The normalized spacial score (nSPS) is 17.5. The largest absolute Gasteiger partial charge is 0.443 e. The third-order valence-corrected chi connectivity index (χ3v) is 4.62. The van der Waals surface area contributed by atoms with Gasteiger partial charge in [-0.3, -0.25) is 4.90 Å². The number of benzene rings is 1. The molecule has 0 aromatic heterocycles. The lowest BCUT2D eigenvalue weighted by molar-refractivity contribution is 0.000306. The van der Waals surface area contributed by atoms with Gasteiger partial charge in [0.15, 0.2) is 0 Å². The molecule has 0 radical (unpaired) electrons. The minimum absolute atomic E-state index is 0.373. The average molecular weight is 420 g/mol. The molecule has 30 heavy (non-hydrogen) atoms. The zero-order valence-electron chi connectivity index (χ0n) is 19.2. The molecule has 1 N–H and O–H groups in total. The molecule has 0 spiro atoms. The molecule has 1 atom stereocenters. The number of hydrogen-bond acceptors (Lipinski definition) is 5. The maximum absolute atomic E-state index is 12.6. The number of nitrogens with one attached hydrogen (secondary N) is 1. The molecular weight excluding hydrogens is 382 g/mol. The maximum atomic E-state index is 12.6. The van der Waals surface area contributed by atoms with Gasteiger partial charge in [0, 0.05) is 19.6 Å². The van der Waals surface area contributed by atoms with Crippen molar-refractivity contribution in [1.82, 2.24) is 15.3 Å². The Morgan fingerprint density at radius 2 is 1.70 bits per heavy atom. The second-order valence-corrected chi connectivity index (χ2v) is 9.91. The first-order chi connectivity index (χ1) is 13.9. The second kappa shape index (κ2) is 10.2. The molecule has 1 aliphatic rings. The second-order valence-electron chi connectivity index (χ2n) is 9.91. The Labute approximate surface area is 180 Å². The van der Waals surface area contributed by atoms with Gasteiger partial charge >= 0.3 is 12.2 Å². The van der Waals surface area contributed by atoms with E-state index in [1.807, 2.05) is 6.07 Å². The van der Waals surface area contributed by atoms with Crippen LogP contribution in [0.5, 0.6) is 0 Å². The van der Waals surface area contributed by atoms with Crippen LogP contribution in [0, 0.1) is 5.92 Å². The molecule has 7 heteroatoms. The van der Waals surface area contributed by atoms with E-state index in [4.69, 9.17) is 9.47 Å². The number of likely N-dealkylation sites (tertiary alicyclic amines) is 1. The first-order valence-electron chi connectivity index (χ1n) is 10.7. The topological polar surface area (TPSA) is 71.1 Å². The van der Waals surface area contributed by atoms with Crippen molar-refractivity contribution in [3.63, 3.8) is 0 Å². The molecule has 1 aromatic rings. The quantitative estimate of drug-likeness (QED) is 0.708. The molecule has 2 amide bonds. The van der Waals surface area contributed by atoms with Gasteiger partial charge in [-0.1, -0.05) is 30.3 Å². The maximum Gasteiger partial charge on any atom is 0.429 e. The molecule has 1 unspecified atom stereocenters. The minimum Gasteiger partial charge on any atom is -0.443 e. The molecule has 1 saturated heterocycles. The molecule has 1 aromatic carbocycles. The van der Waals surface area contributed by atoms with E-state index in [9.17, 15) is 9.59 Å². The van der Waals surface area contributed by atoms with Crippen LogP contribution in [0.3, 0.4) is 0 Å². The summed E-state index contributed by atoms with van der Waals surface area (Å²) in [5, 5.41) is 1.24. The van der Waals surface area contributed by atoms with Crippen molar-refractivity contribution in [2.45, 2.75) is 72.1 Å². The first kappa shape index (κ1) is 24.0. The minimum atomic E-state index is -0.662. The van der Waals surface area contributed by atoms with E-state index in [0.717, 1.165) is 32.5 Å². The highest BCUT2D eigenvalue weighted by atomic mass is 16.6. The van der Waals surface area contributed by atoms with E-state index in [2.05, 4.69) is 34.6 Å². The Hall–Kier alpha value is -2.28. The van der Waals surface area contributed by atoms with Gasteiger partial charge in [0.1, 0.15) is 11.2 Å². The first-order valence-corrected chi connectivity index (χ1v) is 10.7. The Bertz CT molecular complexity index is 695. The van der Waals surface area contributed by atoms with Gasteiger partial charge < -0.3 is 9.47 Å². The fourth-order valence-corrected chi connectivity index (χ4v) is 3.37. The lowest BCUT2D eigenvalue weighted by Gasteiger charge is -2.29. The molecule has 1 aliphatic heterocycles. The van der Waals surface area contributed by atoms with Crippen LogP contribution in [0.2, 0.25) is 0 Å². The molecule has 1 heterocycles. The Morgan fingerprint density at radius 3 is 2.30 bits per heavy atom. The Morgan fingerprint density at radius 1 is 1.07 bits per heavy atom. The van der Waals surface area contributed by atoms with Crippen LogP contribution < -0.4 is 5.43 Å². The SMILES string of the molecule is CC(C)(C)OC(=O)NN(CCC1CCN(Cc2ccccc2)C1)C(=O)OC(C)(C)C. The number of ether oxygens (including phenoxy) is 2. The van der Waals surface area contributed by atoms with Crippen molar-refractivity contribution in [2.75, 3.05) is 19.6 Å². The van der Waals surface area contributed by atoms with E-state index < -0.39 is 23.4 Å². The molecule has 7 nitrogen and oxygen atoms in total. The summed E-state index contributed by atoms with van der Waals surface area (Å²) in [6.45, 7) is 14.1. The number of carbonyl (C=O) groups excluding carboxylic acids is 2. The highest BCUT2D eigenvalue weighted by Gasteiger charge is 2.28. The summed E-state index contributed by atoms with van der Waals surface area (Å²) < 4.78 is 10.7. The van der Waals surface area contributed by atoms with Crippen molar-refractivity contribution in [3.8, 4) is 0 Å². The number of carbonyl (C=O) groups is 2. The highest BCUT2D eigenvalue weighted by Crippen LogP contribution is 2.22. The van der Waals surface area contributed by atoms with Crippen LogP contribution in [0.1, 0.15) is 59.9 Å². The Kier molecular flexibility index (Phi) is 8.12. The number of nitrogens with zero attached hydrogens (tertiary/aromatic N) is 2. The van der Waals surface area contributed by atoms with E-state index in [1.54, 1.807) is 41.5 Å². The van der Waals surface area contributed by atoms with Crippen molar-refractivity contribution in [3.05, 3.63) is 35.9 Å². The smallest absolute Gasteiger partial charge is 0.429 e. The monoisotopic (exact) mass is 419 g/mol. The lowest BCUT2D eigenvalue weighted by Crippen LogP contribution is -2.50. The van der Waals surface area contributed by atoms with Gasteiger partial charge in [-0.15, -0.1) is 0 Å². The van der Waals surface area contributed by atoms with Crippen LogP contribution in [-0.2, 0) is 16.0 Å². The van der Waals surface area contributed by atoms with E-state index in [-0.39, 0.29) is 0 Å². The zero-order chi connectivity index (χ0) is 22.4. The summed E-state index contributed by atoms with van der Waals surface area (Å²) in [6, 6.07) is 10.4. The van der Waals surface area contributed by atoms with Crippen LogP contribution in [0.25, 0.3) is 0 Å². The van der Waals surface area contributed by atoms with Gasteiger partial charge in [0.25, 0.3) is 0 Å². The third kappa shape index (κ3) is 9.03. The third-order valence-electron chi connectivity index (χ3n) is 4.62. The fraction of sp³-hybridized carbons (Fsp3) is 0.652. The van der Waals surface area contributed by atoms with E-state index >= 15 is 0 Å². The van der Waals surface area contributed by atoms with Gasteiger partial charge in [-0.25, -0.2) is 20.0 Å². The molecule has 2 rings (SSSR count). The van der Waals surface area contributed by atoms with E-state index in [0.29, 0.717) is 12.5 Å². The van der Waals surface area contributed by atoms with Crippen LogP contribution >= 0.6 is 0 Å². The molecule has 0 bridgehead atoms. The standard InChI is InChI=1S/C23H37N3O4/c1-22(2,3)29-20(27)24-26(21(28)30-23(4,5)6)15-13-19-12-14-25(17-19)16-18-10-8-7-9-11-18/h7-11,19H,12-17H2,1-6H3,(H,24,27). The summed E-state index contributed by atoms with van der Waals surface area (Å²) >= 11 is 0. The van der Waals surface area contributed by atoms with Gasteiger partial charge in [0.2, 0.25) is 0 Å². The van der Waals surface area contributed by atoms with Crippen LogP contribution in [-0.4, -0.2) is 52.9 Å². The number of rotatable bonds is 5. The summed E-state index contributed by atoms with van der Waals surface area (Å²) in [5.41, 5.74) is 2.57. The summed E-state index contributed by atoms with van der Waals surface area (Å²) in [4.78, 5) is 27.2. The predicted molar refractivity (Wildman–Crippen MR) is 117 cm³/mol. The molecule has 0 saturated carbocycles. The summed E-state index contributed by atoms with van der Waals surface area (Å²) in [6.07, 6.45) is 0.611. The number of amides is 2.